The Balaban J connectivity index is 2.93. The zero-order valence-corrected chi connectivity index (χ0v) is 11.5. The summed E-state index contributed by atoms with van der Waals surface area (Å²) in [6, 6.07) is 5.90. The van der Waals surface area contributed by atoms with E-state index < -0.39 is 15.8 Å². The molecule has 0 aliphatic heterocycles. The van der Waals surface area contributed by atoms with Gasteiger partial charge in [-0.2, -0.15) is 0 Å². The van der Waals surface area contributed by atoms with Crippen molar-refractivity contribution in [2.45, 2.75) is 13.8 Å². The van der Waals surface area contributed by atoms with Crippen LogP contribution in [0.15, 0.2) is 24.3 Å². The molecule has 0 saturated carbocycles. The largest absolute Gasteiger partial charge is 0.316 e. The summed E-state index contributed by atoms with van der Waals surface area (Å²) in [5, 5.41) is 2.95. The number of nitrogens with one attached hydrogen (secondary N) is 1. The van der Waals surface area contributed by atoms with E-state index in [0.29, 0.717) is 13.1 Å². The van der Waals surface area contributed by atoms with E-state index in [1.807, 2.05) is 6.92 Å². The second-order valence-corrected chi connectivity index (χ2v) is 5.80. The van der Waals surface area contributed by atoms with Crippen molar-refractivity contribution >= 4 is 15.7 Å². The molecule has 0 aliphatic carbocycles. The minimum absolute atomic E-state index is 0.0387. The van der Waals surface area contributed by atoms with Crippen molar-refractivity contribution in [3.8, 4) is 0 Å². The number of halogens is 1. The zero-order valence-electron chi connectivity index (χ0n) is 10.7. The standard InChI is InChI=1S/C12H19FN2O2S/c1-3-14-9-10-18(16,17)15(4-2)12-8-6-5-7-11(12)13/h5-8,14H,3-4,9-10H2,1-2H3. The van der Waals surface area contributed by atoms with E-state index >= 15 is 0 Å². The van der Waals surface area contributed by atoms with Gasteiger partial charge in [-0.15, -0.1) is 0 Å². The average Bonchev–Trinajstić information content (AvgIpc) is 2.32. The highest BCUT2D eigenvalue weighted by Gasteiger charge is 2.22. The number of nitrogens with zero attached hydrogens (tertiary/aromatic N) is 1. The van der Waals surface area contributed by atoms with Crippen LogP contribution in [0, 0.1) is 5.82 Å². The predicted octanol–water partition coefficient (Wildman–Crippen LogP) is 1.59. The van der Waals surface area contributed by atoms with Gasteiger partial charge < -0.3 is 5.32 Å². The Morgan fingerprint density at radius 2 is 1.94 bits per heavy atom. The highest BCUT2D eigenvalue weighted by molar-refractivity contribution is 7.92. The van der Waals surface area contributed by atoms with Gasteiger partial charge in [0, 0.05) is 13.1 Å². The maximum atomic E-state index is 13.6. The highest BCUT2D eigenvalue weighted by atomic mass is 32.2. The Morgan fingerprint density at radius 1 is 1.28 bits per heavy atom. The Bertz CT molecular complexity index is 477. The molecule has 6 heteroatoms. The summed E-state index contributed by atoms with van der Waals surface area (Å²) >= 11 is 0. The molecule has 0 fully saturated rings. The molecule has 102 valence electrons. The van der Waals surface area contributed by atoms with E-state index in [1.165, 1.54) is 18.2 Å². The maximum Gasteiger partial charge on any atom is 0.236 e. The molecule has 0 spiro atoms. The third-order valence-electron chi connectivity index (χ3n) is 2.53. The Kier molecular flexibility index (Phi) is 5.55. The van der Waals surface area contributed by atoms with Crippen molar-refractivity contribution in [1.29, 1.82) is 0 Å². The van der Waals surface area contributed by atoms with Crippen LogP contribution in [-0.4, -0.2) is 33.8 Å². The van der Waals surface area contributed by atoms with Crippen LogP contribution in [0.4, 0.5) is 10.1 Å². The molecule has 0 amide bonds. The van der Waals surface area contributed by atoms with Crippen LogP contribution in [0.25, 0.3) is 0 Å². The second kappa shape index (κ2) is 6.70. The van der Waals surface area contributed by atoms with E-state index in [2.05, 4.69) is 5.32 Å². The van der Waals surface area contributed by atoms with Gasteiger partial charge in [0.2, 0.25) is 10.0 Å². The first-order valence-electron chi connectivity index (χ1n) is 5.98. The van der Waals surface area contributed by atoms with Crippen molar-refractivity contribution in [3.05, 3.63) is 30.1 Å². The Labute approximate surface area is 108 Å². The van der Waals surface area contributed by atoms with Crippen molar-refractivity contribution in [3.63, 3.8) is 0 Å². The summed E-state index contributed by atoms with van der Waals surface area (Å²) in [6.45, 7) is 4.89. The minimum Gasteiger partial charge on any atom is -0.316 e. The number of hydrogen-bond donors (Lipinski definition) is 1. The zero-order chi connectivity index (χ0) is 13.6. The fraction of sp³-hybridized carbons (Fsp3) is 0.500. The van der Waals surface area contributed by atoms with Gasteiger partial charge in [0.05, 0.1) is 11.4 Å². The summed E-state index contributed by atoms with van der Waals surface area (Å²) in [7, 11) is -3.49. The van der Waals surface area contributed by atoms with Gasteiger partial charge >= 0.3 is 0 Å². The van der Waals surface area contributed by atoms with E-state index in [1.54, 1.807) is 13.0 Å². The monoisotopic (exact) mass is 274 g/mol. The summed E-state index contributed by atoms with van der Waals surface area (Å²) < 4.78 is 39.0. The number of hydrogen-bond acceptors (Lipinski definition) is 3. The molecule has 0 atom stereocenters. The van der Waals surface area contributed by atoms with Gasteiger partial charge in [0.15, 0.2) is 0 Å². The van der Waals surface area contributed by atoms with Crippen LogP contribution in [0.1, 0.15) is 13.8 Å². The van der Waals surface area contributed by atoms with E-state index in [4.69, 9.17) is 0 Å². The highest BCUT2D eigenvalue weighted by Crippen LogP contribution is 2.21. The number of sulfonamides is 1. The molecule has 0 unspecified atom stereocenters. The lowest BCUT2D eigenvalue weighted by molar-refractivity contribution is 0.583. The van der Waals surface area contributed by atoms with Crippen LogP contribution >= 0.6 is 0 Å². The first-order chi connectivity index (χ1) is 8.53. The molecular formula is C12H19FN2O2S. The number of para-hydroxylation sites is 1. The number of rotatable bonds is 7. The van der Waals surface area contributed by atoms with Crippen molar-refractivity contribution in [2.75, 3.05) is 29.7 Å². The fourth-order valence-corrected chi connectivity index (χ4v) is 3.12. The van der Waals surface area contributed by atoms with Crippen LogP contribution in [0.3, 0.4) is 0 Å². The molecule has 0 aliphatic rings. The van der Waals surface area contributed by atoms with Gasteiger partial charge in [-0.3, -0.25) is 4.31 Å². The first kappa shape index (κ1) is 14.9. The molecule has 18 heavy (non-hydrogen) atoms. The van der Waals surface area contributed by atoms with Crippen LogP contribution in [-0.2, 0) is 10.0 Å². The second-order valence-electron chi connectivity index (χ2n) is 3.79. The lowest BCUT2D eigenvalue weighted by atomic mass is 10.3. The quantitative estimate of drug-likeness (QED) is 0.768. The fourth-order valence-electron chi connectivity index (χ4n) is 1.66. The Hall–Kier alpha value is -1.14. The van der Waals surface area contributed by atoms with Gasteiger partial charge in [0.25, 0.3) is 0 Å². The molecule has 1 aromatic carbocycles. The number of benzene rings is 1. The van der Waals surface area contributed by atoms with Gasteiger partial charge in [0.1, 0.15) is 5.82 Å². The summed E-state index contributed by atoms with van der Waals surface area (Å²) in [5.41, 5.74) is 0.108. The van der Waals surface area contributed by atoms with E-state index in [0.717, 1.165) is 4.31 Å². The minimum atomic E-state index is -3.49. The van der Waals surface area contributed by atoms with E-state index in [9.17, 15) is 12.8 Å². The molecule has 0 bridgehead atoms. The van der Waals surface area contributed by atoms with Crippen LogP contribution in [0.2, 0.25) is 0 Å². The SMILES string of the molecule is CCNCCS(=O)(=O)N(CC)c1ccccc1F. The van der Waals surface area contributed by atoms with Crippen LogP contribution in [0.5, 0.6) is 0 Å². The molecule has 1 rings (SSSR count). The summed E-state index contributed by atoms with van der Waals surface area (Å²) in [6.07, 6.45) is 0. The predicted molar refractivity (Wildman–Crippen MR) is 71.8 cm³/mol. The van der Waals surface area contributed by atoms with Gasteiger partial charge in [-0.05, 0) is 25.6 Å². The van der Waals surface area contributed by atoms with Crippen molar-refractivity contribution in [2.24, 2.45) is 0 Å². The molecule has 4 nitrogen and oxygen atoms in total. The Morgan fingerprint density at radius 3 is 2.50 bits per heavy atom. The topological polar surface area (TPSA) is 49.4 Å². The molecule has 1 aromatic rings. The van der Waals surface area contributed by atoms with Gasteiger partial charge in [-0.25, -0.2) is 12.8 Å². The van der Waals surface area contributed by atoms with Crippen molar-refractivity contribution in [1.82, 2.24) is 5.32 Å². The molecule has 0 radical (unpaired) electrons. The normalized spacial score (nSPS) is 11.5. The smallest absolute Gasteiger partial charge is 0.236 e. The molecule has 0 saturated heterocycles. The molecular weight excluding hydrogens is 255 g/mol. The van der Waals surface area contributed by atoms with E-state index in [-0.39, 0.29) is 18.0 Å². The third kappa shape index (κ3) is 3.68. The van der Waals surface area contributed by atoms with Crippen LogP contribution < -0.4 is 9.62 Å². The first-order valence-corrected chi connectivity index (χ1v) is 7.59. The molecule has 0 heterocycles. The number of anilines is 1. The average molecular weight is 274 g/mol. The summed E-state index contributed by atoms with van der Waals surface area (Å²) in [4.78, 5) is 0. The summed E-state index contributed by atoms with van der Waals surface area (Å²) in [5.74, 6) is -0.561. The molecule has 0 aromatic heterocycles. The third-order valence-corrected chi connectivity index (χ3v) is 4.38. The lowest BCUT2D eigenvalue weighted by Gasteiger charge is -2.23. The van der Waals surface area contributed by atoms with Gasteiger partial charge in [-0.1, -0.05) is 19.1 Å². The molecule has 1 N–H and O–H groups in total. The van der Waals surface area contributed by atoms with Crippen molar-refractivity contribution < 1.29 is 12.8 Å². The maximum absolute atomic E-state index is 13.6. The lowest BCUT2D eigenvalue weighted by Crippen LogP contribution is -2.36.